The number of nitrogens with two attached hydrogens (primary N) is 1. The quantitative estimate of drug-likeness (QED) is 0.128. The summed E-state index contributed by atoms with van der Waals surface area (Å²) in [7, 11) is -0.724. The molecular formula is C43H49FN7O4P. The molecule has 2 aliphatic heterocycles. The summed E-state index contributed by atoms with van der Waals surface area (Å²) in [4.78, 5) is 30.9. The second-order valence-corrected chi connectivity index (χ2v) is 18.8. The number of amides is 1. The minimum Gasteiger partial charge on any atom is -0.398 e. The van der Waals surface area contributed by atoms with Crippen molar-refractivity contribution in [3.8, 4) is 17.2 Å². The zero-order chi connectivity index (χ0) is 39.6. The van der Waals surface area contributed by atoms with Gasteiger partial charge in [0.2, 0.25) is 0 Å². The topological polar surface area (TPSA) is 122 Å². The highest BCUT2D eigenvalue weighted by Crippen LogP contribution is 2.45. The molecule has 56 heavy (non-hydrogen) atoms. The number of aromatic nitrogens is 5. The average Bonchev–Trinajstić information content (AvgIpc) is 3.89. The van der Waals surface area contributed by atoms with Gasteiger partial charge in [-0.2, -0.15) is 5.10 Å². The molecule has 5 heterocycles. The number of carbonyl (C=O) groups is 1. The fourth-order valence-corrected chi connectivity index (χ4v) is 10.8. The van der Waals surface area contributed by atoms with Gasteiger partial charge in [-0.3, -0.25) is 13.9 Å². The van der Waals surface area contributed by atoms with Crippen molar-refractivity contribution in [2.45, 2.75) is 65.8 Å². The van der Waals surface area contributed by atoms with E-state index in [9.17, 15) is 18.5 Å². The minimum atomic E-state index is -2.65. The zero-order valence-corrected chi connectivity index (χ0v) is 33.8. The lowest BCUT2D eigenvalue weighted by atomic mass is 9.91. The van der Waals surface area contributed by atoms with Gasteiger partial charge in [-0.1, -0.05) is 19.9 Å². The molecule has 0 saturated carbocycles. The Hall–Kier alpha value is -5.19. The molecule has 0 unspecified atom stereocenters. The van der Waals surface area contributed by atoms with Gasteiger partial charge in [0.25, 0.3) is 5.91 Å². The lowest BCUT2D eigenvalue weighted by Gasteiger charge is -2.33. The zero-order valence-electron chi connectivity index (χ0n) is 32.9. The first-order valence-electron chi connectivity index (χ1n) is 19.5. The number of halogens is 1. The van der Waals surface area contributed by atoms with Gasteiger partial charge in [-0.15, -0.1) is 0 Å². The van der Waals surface area contributed by atoms with Gasteiger partial charge in [0.15, 0.2) is 0 Å². The summed E-state index contributed by atoms with van der Waals surface area (Å²) in [5.74, 6) is 0.501. The fourth-order valence-electron chi connectivity index (χ4n) is 8.76. The number of hydrogen-bond donors (Lipinski definition) is 1. The lowest BCUT2D eigenvalue weighted by molar-refractivity contribution is 0.0667. The number of fused-ring (bicyclic) bond motifs is 2. The van der Waals surface area contributed by atoms with Gasteiger partial charge in [0.05, 0.1) is 23.1 Å². The maximum Gasteiger partial charge on any atom is 0.338 e. The van der Waals surface area contributed by atoms with Crippen molar-refractivity contribution in [3.05, 3.63) is 117 Å². The predicted octanol–water partition coefficient (Wildman–Crippen LogP) is 7.33. The highest BCUT2D eigenvalue weighted by atomic mass is 31.2. The van der Waals surface area contributed by atoms with Crippen LogP contribution in [0.1, 0.15) is 84.0 Å². The molecule has 2 aliphatic rings. The van der Waals surface area contributed by atoms with Crippen LogP contribution in [0.2, 0.25) is 0 Å². The van der Waals surface area contributed by atoms with Crippen molar-refractivity contribution in [1.29, 1.82) is 0 Å². The molecule has 11 nitrogen and oxygen atoms in total. The second kappa shape index (κ2) is 14.4. The Morgan fingerprint density at radius 3 is 2.34 bits per heavy atom. The Labute approximate surface area is 325 Å². The molecule has 2 N–H and O–H groups in total. The van der Waals surface area contributed by atoms with Gasteiger partial charge < -0.3 is 24.5 Å². The monoisotopic (exact) mass is 777 g/mol. The molecule has 6 aromatic rings. The third-order valence-corrected chi connectivity index (χ3v) is 15.4. The fraction of sp³-hybridized carbons (Fsp3) is 0.372. The summed E-state index contributed by atoms with van der Waals surface area (Å²) in [6, 6.07) is 16.7. The number of nitrogens with zero attached hydrogens (tertiary/aromatic N) is 6. The molecule has 1 amide bonds. The number of hydrogen-bond acceptors (Lipinski definition) is 6. The van der Waals surface area contributed by atoms with Crippen molar-refractivity contribution in [2.75, 3.05) is 37.8 Å². The van der Waals surface area contributed by atoms with Crippen LogP contribution in [0.5, 0.6) is 0 Å². The Morgan fingerprint density at radius 2 is 1.66 bits per heavy atom. The molecule has 292 valence electrons. The summed E-state index contributed by atoms with van der Waals surface area (Å²) < 4.78 is 40.8. The Balaban J connectivity index is 1.22. The number of nitrogen functional groups attached to an aromatic ring is 1. The van der Waals surface area contributed by atoms with E-state index in [1.165, 1.54) is 14.7 Å². The standard InChI is InChI=1S/C43H49FN7O4P/c1-7-56(54,8-2)38-12-10-32(25-34(38)45)49-17-18-50(43(49)53)41-39-28(5)48(16-13-35(39)46-51(41)33-21-26(3)40(44)27(4)22-33)42(52)37-24-31-23-30(9-11-36(31)47(37)6)29-14-19-55-20-15-29/h9-12,17-18,21-25,28-29H,7-8,13-16,19-20,45H2,1-6H3/t28-/m0/s1. The maximum atomic E-state index is 14.9. The number of ether oxygens (including phenoxy) is 1. The number of imidazole rings is 1. The first-order valence-corrected chi connectivity index (χ1v) is 21.6. The van der Waals surface area contributed by atoms with E-state index in [0.717, 1.165) is 48.2 Å². The number of aryl methyl sites for hydroxylation is 3. The molecule has 0 radical (unpaired) electrons. The lowest BCUT2D eigenvalue weighted by Crippen LogP contribution is -2.40. The van der Waals surface area contributed by atoms with Crippen LogP contribution in [-0.4, -0.2) is 66.4 Å². The van der Waals surface area contributed by atoms with Gasteiger partial charge in [-0.25, -0.2) is 13.9 Å². The molecule has 1 saturated heterocycles. The molecule has 1 fully saturated rings. The number of carbonyl (C=O) groups excluding carboxylic acids is 1. The third-order valence-electron chi connectivity index (χ3n) is 12.1. The van der Waals surface area contributed by atoms with E-state index in [4.69, 9.17) is 15.6 Å². The van der Waals surface area contributed by atoms with Crippen molar-refractivity contribution >= 4 is 34.9 Å². The predicted molar refractivity (Wildman–Crippen MR) is 220 cm³/mol. The van der Waals surface area contributed by atoms with Crippen LogP contribution in [0.4, 0.5) is 10.1 Å². The van der Waals surface area contributed by atoms with E-state index in [-0.39, 0.29) is 17.4 Å². The van der Waals surface area contributed by atoms with Gasteiger partial charge in [-0.05, 0) is 105 Å². The maximum absolute atomic E-state index is 14.9. The van der Waals surface area contributed by atoms with E-state index < -0.39 is 13.2 Å². The van der Waals surface area contributed by atoms with E-state index in [0.29, 0.717) is 76.2 Å². The van der Waals surface area contributed by atoms with Crippen molar-refractivity contribution in [3.63, 3.8) is 0 Å². The summed E-state index contributed by atoms with van der Waals surface area (Å²) >= 11 is 0. The van der Waals surface area contributed by atoms with Gasteiger partial charge in [0, 0.05) is 85.4 Å². The van der Waals surface area contributed by atoms with E-state index in [1.807, 2.05) is 43.4 Å². The molecule has 13 heteroatoms. The van der Waals surface area contributed by atoms with Crippen molar-refractivity contribution < 1.29 is 18.5 Å². The van der Waals surface area contributed by atoms with Gasteiger partial charge >= 0.3 is 5.69 Å². The summed E-state index contributed by atoms with van der Waals surface area (Å²) in [6.07, 6.45) is 6.77. The molecule has 8 rings (SSSR count). The Bertz CT molecular complexity index is 2600. The van der Waals surface area contributed by atoms with Crippen LogP contribution in [-0.2, 0) is 22.8 Å². The van der Waals surface area contributed by atoms with Crippen LogP contribution in [0.15, 0.2) is 71.8 Å². The van der Waals surface area contributed by atoms with Crippen LogP contribution in [0, 0.1) is 19.7 Å². The van der Waals surface area contributed by atoms with Crippen molar-refractivity contribution in [1.82, 2.24) is 28.4 Å². The largest absolute Gasteiger partial charge is 0.398 e. The molecular weight excluding hydrogens is 728 g/mol. The summed E-state index contributed by atoms with van der Waals surface area (Å²) in [6.45, 7) is 11.1. The highest BCUT2D eigenvalue weighted by Gasteiger charge is 2.37. The average molecular weight is 778 g/mol. The van der Waals surface area contributed by atoms with Crippen LogP contribution in [0.3, 0.4) is 0 Å². The first kappa shape index (κ1) is 37.7. The van der Waals surface area contributed by atoms with Crippen LogP contribution >= 0.6 is 7.14 Å². The molecule has 3 aromatic heterocycles. The Kier molecular flexibility index (Phi) is 9.69. The number of anilines is 1. The van der Waals surface area contributed by atoms with Crippen LogP contribution in [0.25, 0.3) is 28.1 Å². The first-order chi connectivity index (χ1) is 26.8. The minimum absolute atomic E-state index is 0.112. The third kappa shape index (κ3) is 6.14. The van der Waals surface area contributed by atoms with E-state index >= 15 is 0 Å². The molecule has 1 atom stereocenters. The molecule has 3 aromatic carbocycles. The molecule has 0 bridgehead atoms. The normalized spacial score (nSPS) is 16.5. The highest BCUT2D eigenvalue weighted by molar-refractivity contribution is 7.71. The van der Waals surface area contributed by atoms with E-state index in [2.05, 4.69) is 18.2 Å². The van der Waals surface area contributed by atoms with Crippen molar-refractivity contribution in [2.24, 2.45) is 7.05 Å². The van der Waals surface area contributed by atoms with Gasteiger partial charge in [0.1, 0.15) is 24.5 Å². The Morgan fingerprint density at radius 1 is 0.964 bits per heavy atom. The van der Waals surface area contributed by atoms with E-state index in [1.54, 1.807) is 61.3 Å². The number of benzene rings is 3. The molecule has 0 spiro atoms. The SMILES string of the molecule is CCP(=O)(CC)c1ccc(-n2ccn(-c3c4c(nn3-c3cc(C)c(F)c(C)c3)CCN(C(=O)c3cc5cc(C6CCOCC6)ccc5n3C)[C@H]4C)c2=O)cc1N. The van der Waals surface area contributed by atoms with Crippen LogP contribution < -0.4 is 16.7 Å². The summed E-state index contributed by atoms with van der Waals surface area (Å²) in [5, 5.41) is 6.69. The summed E-state index contributed by atoms with van der Waals surface area (Å²) in [5.41, 5.74) is 12.9. The molecule has 0 aliphatic carbocycles. The second-order valence-electron chi connectivity index (χ2n) is 15.3. The number of rotatable bonds is 8. The smallest absolute Gasteiger partial charge is 0.338 e.